The van der Waals surface area contributed by atoms with Gasteiger partial charge in [-0.15, -0.1) is 0 Å². The van der Waals surface area contributed by atoms with Crippen LogP contribution in [0, 0.1) is 0 Å². The van der Waals surface area contributed by atoms with Crippen molar-refractivity contribution in [2.45, 2.75) is 32.2 Å². The van der Waals surface area contributed by atoms with Gasteiger partial charge in [-0.2, -0.15) is 0 Å². The molecule has 1 aromatic carbocycles. The molecular formula is C15H19BrN2O2. The number of aliphatic imine (C=N–C) groups is 1. The van der Waals surface area contributed by atoms with Crippen LogP contribution in [0.15, 0.2) is 21.6 Å². The van der Waals surface area contributed by atoms with E-state index in [9.17, 15) is 4.79 Å². The van der Waals surface area contributed by atoms with Crippen LogP contribution in [0.25, 0.3) is 0 Å². The molecule has 1 aliphatic heterocycles. The van der Waals surface area contributed by atoms with Crippen LogP contribution in [0.3, 0.4) is 0 Å². The molecule has 1 aromatic rings. The molecule has 0 bridgehead atoms. The van der Waals surface area contributed by atoms with E-state index in [1.165, 1.54) is 0 Å². The molecule has 0 fully saturated rings. The number of nitrogens with one attached hydrogen (secondary N) is 1. The molecule has 5 heteroatoms. The third kappa shape index (κ3) is 2.87. The molecule has 0 radical (unpaired) electrons. The Morgan fingerprint density at radius 2 is 2.10 bits per heavy atom. The van der Waals surface area contributed by atoms with E-state index in [0.29, 0.717) is 0 Å². The maximum atomic E-state index is 12.0. The maximum Gasteiger partial charge on any atom is 0.180 e. The molecule has 1 aliphatic rings. The topological polar surface area (TPSA) is 50.7 Å². The number of hydrogen-bond acceptors (Lipinski definition) is 4. The van der Waals surface area contributed by atoms with E-state index in [1.807, 2.05) is 12.1 Å². The van der Waals surface area contributed by atoms with Gasteiger partial charge in [0.15, 0.2) is 5.78 Å². The summed E-state index contributed by atoms with van der Waals surface area (Å²) >= 11 is 3.54. The Labute approximate surface area is 127 Å². The van der Waals surface area contributed by atoms with Gasteiger partial charge in [-0.3, -0.25) is 9.79 Å². The summed E-state index contributed by atoms with van der Waals surface area (Å²) in [4.78, 5) is 15.9. The van der Waals surface area contributed by atoms with Gasteiger partial charge >= 0.3 is 0 Å². The Hall–Kier alpha value is -1.36. The first kappa shape index (κ1) is 15.0. The average molecular weight is 339 g/mol. The molecule has 1 heterocycles. The summed E-state index contributed by atoms with van der Waals surface area (Å²) < 4.78 is 6.35. The summed E-state index contributed by atoms with van der Waals surface area (Å²) in [7, 11) is 1.66. The molecule has 20 heavy (non-hydrogen) atoms. The van der Waals surface area contributed by atoms with E-state index in [4.69, 9.17) is 4.74 Å². The molecule has 1 atom stereocenters. The number of halogens is 1. The zero-order valence-corrected chi connectivity index (χ0v) is 13.7. The van der Waals surface area contributed by atoms with E-state index < -0.39 is 0 Å². The van der Waals surface area contributed by atoms with Crippen LogP contribution in [-0.2, 0) is 10.2 Å². The molecule has 108 valence electrons. The Bertz CT molecular complexity index is 562. The number of Topliss-reactive ketones (excluding diaryl/α,β-unsaturated/α-hetero) is 1. The van der Waals surface area contributed by atoms with Gasteiger partial charge in [-0.05, 0) is 39.0 Å². The fourth-order valence-corrected chi connectivity index (χ4v) is 2.91. The molecule has 0 amide bonds. The number of benzene rings is 1. The summed E-state index contributed by atoms with van der Waals surface area (Å²) in [5, 5.41) is 3.03. The number of ketones is 1. The zero-order valence-electron chi connectivity index (χ0n) is 12.2. The Morgan fingerprint density at radius 1 is 1.40 bits per heavy atom. The van der Waals surface area contributed by atoms with Gasteiger partial charge in [0.25, 0.3) is 0 Å². The van der Waals surface area contributed by atoms with Crippen molar-refractivity contribution in [3.63, 3.8) is 0 Å². The van der Waals surface area contributed by atoms with E-state index in [2.05, 4.69) is 47.0 Å². The lowest BCUT2D eigenvalue weighted by atomic mass is 9.84. The Balaban J connectivity index is 2.53. The average Bonchev–Trinajstić information content (AvgIpc) is 2.37. The van der Waals surface area contributed by atoms with Crippen molar-refractivity contribution in [2.24, 2.45) is 4.99 Å². The van der Waals surface area contributed by atoms with E-state index in [0.717, 1.165) is 21.3 Å². The van der Waals surface area contributed by atoms with Crippen molar-refractivity contribution in [2.75, 3.05) is 13.7 Å². The number of nitrogens with zero attached hydrogens (tertiary/aromatic N) is 1. The first-order valence-electron chi connectivity index (χ1n) is 6.49. The van der Waals surface area contributed by atoms with Crippen molar-refractivity contribution in [1.29, 1.82) is 0 Å². The van der Waals surface area contributed by atoms with E-state index >= 15 is 0 Å². The fraction of sp³-hybridized carbons (Fsp3) is 0.467. The van der Waals surface area contributed by atoms with Crippen LogP contribution < -0.4 is 10.1 Å². The first-order chi connectivity index (χ1) is 9.34. The van der Waals surface area contributed by atoms with Crippen molar-refractivity contribution in [3.05, 3.63) is 27.7 Å². The molecule has 1 unspecified atom stereocenters. The molecule has 0 saturated carbocycles. The summed E-state index contributed by atoms with van der Waals surface area (Å²) in [5.41, 5.74) is 1.93. The molecule has 0 aliphatic carbocycles. The van der Waals surface area contributed by atoms with Crippen molar-refractivity contribution in [1.82, 2.24) is 5.32 Å². The van der Waals surface area contributed by atoms with Crippen LogP contribution in [0.2, 0.25) is 0 Å². The number of ether oxygens (including phenoxy) is 1. The van der Waals surface area contributed by atoms with Crippen molar-refractivity contribution in [3.8, 4) is 5.75 Å². The number of rotatable bonds is 2. The maximum absolute atomic E-state index is 12.0. The Morgan fingerprint density at radius 3 is 2.65 bits per heavy atom. The minimum Gasteiger partial charge on any atom is -0.495 e. The SMILES string of the molecule is COc1c(Br)cc(C2NC=NCC2=O)cc1C(C)(C)C. The Kier molecular flexibility index (Phi) is 4.18. The second kappa shape index (κ2) is 5.56. The number of carbonyl (C=O) groups excluding carboxylic acids is 1. The summed E-state index contributed by atoms with van der Waals surface area (Å²) in [6.07, 6.45) is 1.60. The highest BCUT2D eigenvalue weighted by atomic mass is 79.9. The zero-order chi connectivity index (χ0) is 14.9. The smallest absolute Gasteiger partial charge is 0.180 e. The lowest BCUT2D eigenvalue weighted by molar-refractivity contribution is -0.119. The molecule has 1 N–H and O–H groups in total. The molecular weight excluding hydrogens is 320 g/mol. The van der Waals surface area contributed by atoms with Crippen LogP contribution in [0.1, 0.15) is 37.9 Å². The lowest BCUT2D eigenvalue weighted by Crippen LogP contribution is -2.33. The van der Waals surface area contributed by atoms with Gasteiger partial charge in [0.2, 0.25) is 0 Å². The van der Waals surface area contributed by atoms with Crippen LogP contribution >= 0.6 is 15.9 Å². The van der Waals surface area contributed by atoms with Crippen molar-refractivity contribution >= 4 is 28.1 Å². The van der Waals surface area contributed by atoms with Crippen molar-refractivity contribution < 1.29 is 9.53 Å². The highest BCUT2D eigenvalue weighted by Crippen LogP contribution is 2.39. The highest BCUT2D eigenvalue weighted by molar-refractivity contribution is 9.10. The van der Waals surface area contributed by atoms with Gasteiger partial charge in [-0.1, -0.05) is 20.8 Å². The van der Waals surface area contributed by atoms with Crippen LogP contribution in [0.5, 0.6) is 5.75 Å². The van der Waals surface area contributed by atoms with Crippen LogP contribution in [0.4, 0.5) is 0 Å². The summed E-state index contributed by atoms with van der Waals surface area (Å²) in [6.45, 7) is 6.60. The van der Waals surface area contributed by atoms with E-state index in [-0.39, 0.29) is 23.8 Å². The second-order valence-electron chi connectivity index (χ2n) is 5.87. The third-order valence-corrected chi connectivity index (χ3v) is 3.90. The second-order valence-corrected chi connectivity index (χ2v) is 6.72. The lowest BCUT2D eigenvalue weighted by Gasteiger charge is -2.26. The van der Waals surface area contributed by atoms with Gasteiger partial charge in [0, 0.05) is 5.56 Å². The molecule has 4 nitrogen and oxygen atoms in total. The summed E-state index contributed by atoms with van der Waals surface area (Å²) in [6, 6.07) is 3.64. The number of methoxy groups -OCH3 is 1. The largest absolute Gasteiger partial charge is 0.495 e. The predicted molar refractivity (Wildman–Crippen MR) is 83.6 cm³/mol. The normalized spacial score (nSPS) is 18.9. The number of carbonyl (C=O) groups is 1. The standard InChI is InChI=1S/C15H19BrN2O2/c1-15(2,3)10-5-9(6-11(16)14(10)20-4)13-12(19)7-17-8-18-13/h5-6,8,13H,7H2,1-4H3,(H,17,18). The van der Waals surface area contributed by atoms with Gasteiger partial charge in [0.1, 0.15) is 18.3 Å². The monoisotopic (exact) mass is 338 g/mol. The third-order valence-electron chi connectivity index (χ3n) is 3.31. The van der Waals surface area contributed by atoms with Gasteiger partial charge in [-0.25, -0.2) is 0 Å². The predicted octanol–water partition coefficient (Wildman–Crippen LogP) is 3.00. The number of hydrogen-bond donors (Lipinski definition) is 1. The quantitative estimate of drug-likeness (QED) is 0.901. The molecule has 0 aromatic heterocycles. The fourth-order valence-electron chi connectivity index (χ4n) is 2.27. The highest BCUT2D eigenvalue weighted by Gasteiger charge is 2.27. The van der Waals surface area contributed by atoms with E-state index in [1.54, 1.807) is 13.4 Å². The van der Waals surface area contributed by atoms with Gasteiger partial charge in [0.05, 0.1) is 17.9 Å². The van der Waals surface area contributed by atoms with Gasteiger partial charge < -0.3 is 10.1 Å². The molecule has 2 rings (SSSR count). The minimum absolute atomic E-state index is 0.0735. The first-order valence-corrected chi connectivity index (χ1v) is 7.29. The summed E-state index contributed by atoms with van der Waals surface area (Å²) in [5.74, 6) is 0.891. The minimum atomic E-state index is -0.337. The molecule has 0 saturated heterocycles. The van der Waals surface area contributed by atoms with Crippen LogP contribution in [-0.4, -0.2) is 25.8 Å². The molecule has 0 spiro atoms.